The van der Waals surface area contributed by atoms with E-state index in [2.05, 4.69) is 37.4 Å². The summed E-state index contributed by atoms with van der Waals surface area (Å²) < 4.78 is 12.2. The Morgan fingerprint density at radius 3 is 2.27 bits per heavy atom. The molecule has 3 aromatic rings. The maximum Gasteiger partial charge on any atom is 0.251 e. The third kappa shape index (κ3) is 4.82. The topological polar surface area (TPSA) is 68.5 Å². The number of fused-ring (bicyclic) bond motifs is 1. The highest BCUT2D eigenvalue weighted by Crippen LogP contribution is 2.42. The molecule has 0 saturated heterocycles. The molecule has 3 rings (SSSR count). The van der Waals surface area contributed by atoms with Gasteiger partial charge in [0.05, 0.1) is 5.41 Å². The molecule has 5 heteroatoms. The van der Waals surface area contributed by atoms with Gasteiger partial charge in [0.25, 0.3) is 5.91 Å². The SMILES string of the molecule is CCC(CC)(c1ccc(OCC(=O)C(C)(C)C)c(C)c1)c1cc2cc(C(=O)NC)ccc2o1. The number of carbonyl (C=O) groups excluding carboxylic acids is 2. The third-order valence-corrected chi connectivity index (χ3v) is 6.61. The number of rotatable bonds is 8. The number of hydrogen-bond acceptors (Lipinski definition) is 4. The summed E-state index contributed by atoms with van der Waals surface area (Å²) in [7, 11) is 1.63. The molecule has 1 amide bonds. The number of furan rings is 1. The summed E-state index contributed by atoms with van der Waals surface area (Å²) >= 11 is 0. The molecule has 176 valence electrons. The number of ketones is 1. The fraction of sp³-hybridized carbons (Fsp3) is 0.429. The zero-order chi connectivity index (χ0) is 24.4. The maximum atomic E-state index is 12.3. The Hall–Kier alpha value is -3.08. The minimum Gasteiger partial charge on any atom is -0.486 e. The van der Waals surface area contributed by atoms with Crippen molar-refractivity contribution in [1.29, 1.82) is 0 Å². The second-order valence-corrected chi connectivity index (χ2v) is 9.67. The van der Waals surface area contributed by atoms with Crippen LogP contribution in [0.3, 0.4) is 0 Å². The van der Waals surface area contributed by atoms with Crippen molar-refractivity contribution in [2.24, 2.45) is 5.41 Å². The van der Waals surface area contributed by atoms with Crippen molar-refractivity contribution in [2.45, 2.75) is 59.8 Å². The normalized spacial score (nSPS) is 12.1. The molecule has 33 heavy (non-hydrogen) atoms. The van der Waals surface area contributed by atoms with Crippen LogP contribution in [0.15, 0.2) is 46.9 Å². The predicted molar refractivity (Wildman–Crippen MR) is 132 cm³/mol. The van der Waals surface area contributed by atoms with Gasteiger partial charge in [0.2, 0.25) is 0 Å². The molecule has 0 bridgehead atoms. The lowest BCUT2D eigenvalue weighted by atomic mass is 9.73. The van der Waals surface area contributed by atoms with E-state index in [9.17, 15) is 9.59 Å². The Morgan fingerprint density at radius 1 is 1.00 bits per heavy atom. The number of carbonyl (C=O) groups is 2. The monoisotopic (exact) mass is 449 g/mol. The van der Waals surface area contributed by atoms with Gasteiger partial charge in [0.1, 0.15) is 23.7 Å². The molecule has 0 unspecified atom stereocenters. The van der Waals surface area contributed by atoms with Crippen molar-refractivity contribution in [3.05, 3.63) is 64.9 Å². The first-order valence-electron chi connectivity index (χ1n) is 11.6. The van der Waals surface area contributed by atoms with E-state index in [1.807, 2.05) is 45.9 Å². The Kier molecular flexibility index (Phi) is 7.01. The number of hydrogen-bond donors (Lipinski definition) is 1. The van der Waals surface area contributed by atoms with E-state index < -0.39 is 5.41 Å². The molecule has 5 nitrogen and oxygen atoms in total. The summed E-state index contributed by atoms with van der Waals surface area (Å²) in [4.78, 5) is 24.3. The van der Waals surface area contributed by atoms with Crippen LogP contribution in [0, 0.1) is 12.3 Å². The number of Topliss-reactive ketones (excluding diaryl/α,β-unsaturated/α-hetero) is 1. The van der Waals surface area contributed by atoms with Crippen LogP contribution in [0.25, 0.3) is 11.0 Å². The maximum absolute atomic E-state index is 12.3. The molecule has 0 saturated carbocycles. The lowest BCUT2D eigenvalue weighted by Crippen LogP contribution is -2.27. The van der Waals surface area contributed by atoms with Gasteiger partial charge < -0.3 is 14.5 Å². The van der Waals surface area contributed by atoms with Crippen molar-refractivity contribution in [3.63, 3.8) is 0 Å². The van der Waals surface area contributed by atoms with Crippen molar-refractivity contribution < 1.29 is 18.7 Å². The second-order valence-electron chi connectivity index (χ2n) is 9.67. The van der Waals surface area contributed by atoms with Gasteiger partial charge in [0.15, 0.2) is 5.78 Å². The van der Waals surface area contributed by atoms with Gasteiger partial charge in [0, 0.05) is 23.4 Å². The molecule has 0 atom stereocenters. The largest absolute Gasteiger partial charge is 0.486 e. The lowest BCUT2D eigenvalue weighted by molar-refractivity contribution is -0.128. The van der Waals surface area contributed by atoms with Crippen LogP contribution in [0.1, 0.15) is 74.7 Å². The smallest absolute Gasteiger partial charge is 0.251 e. The summed E-state index contributed by atoms with van der Waals surface area (Å²) in [5, 5.41) is 3.58. The average molecular weight is 450 g/mol. The standard InChI is InChI=1S/C28H35NO4/c1-8-28(9-2,25-16-20-15-19(26(31)29-7)10-12-23(20)33-25)21-11-13-22(18(3)14-21)32-17-24(30)27(4,5)6/h10-16H,8-9,17H2,1-7H3,(H,29,31). The van der Waals surface area contributed by atoms with Crippen LogP contribution in [-0.2, 0) is 10.2 Å². The van der Waals surface area contributed by atoms with Gasteiger partial charge in [-0.25, -0.2) is 0 Å². The van der Waals surface area contributed by atoms with E-state index in [-0.39, 0.29) is 23.7 Å². The van der Waals surface area contributed by atoms with Crippen molar-refractivity contribution >= 4 is 22.7 Å². The van der Waals surface area contributed by atoms with Crippen LogP contribution >= 0.6 is 0 Å². The first-order valence-corrected chi connectivity index (χ1v) is 11.6. The average Bonchev–Trinajstić information content (AvgIpc) is 3.22. The summed E-state index contributed by atoms with van der Waals surface area (Å²) in [6, 6.07) is 13.7. The highest BCUT2D eigenvalue weighted by atomic mass is 16.5. The molecular weight excluding hydrogens is 414 g/mol. The fourth-order valence-electron chi connectivity index (χ4n) is 4.18. The molecule has 1 heterocycles. The third-order valence-electron chi connectivity index (χ3n) is 6.61. The van der Waals surface area contributed by atoms with Crippen LogP contribution in [0.2, 0.25) is 0 Å². The van der Waals surface area contributed by atoms with Crippen LogP contribution in [0.4, 0.5) is 0 Å². The van der Waals surface area contributed by atoms with E-state index in [0.717, 1.165) is 46.4 Å². The van der Waals surface area contributed by atoms with Crippen LogP contribution in [-0.4, -0.2) is 25.3 Å². The molecule has 0 aliphatic heterocycles. The minimum absolute atomic E-state index is 0.0631. The van der Waals surface area contributed by atoms with Crippen molar-refractivity contribution in [1.82, 2.24) is 5.32 Å². The Labute approximate surface area is 196 Å². The molecule has 0 aliphatic carbocycles. The van der Waals surface area contributed by atoms with E-state index >= 15 is 0 Å². The van der Waals surface area contributed by atoms with E-state index in [1.54, 1.807) is 13.1 Å². The molecular formula is C28H35NO4. The lowest BCUT2D eigenvalue weighted by Gasteiger charge is -2.31. The van der Waals surface area contributed by atoms with Gasteiger partial charge in [-0.1, -0.05) is 46.8 Å². The van der Waals surface area contributed by atoms with E-state index in [4.69, 9.17) is 9.15 Å². The molecule has 1 aromatic heterocycles. The number of ether oxygens (including phenoxy) is 1. The Morgan fingerprint density at radius 2 is 1.70 bits per heavy atom. The number of nitrogens with one attached hydrogen (secondary N) is 1. The van der Waals surface area contributed by atoms with Crippen LogP contribution < -0.4 is 10.1 Å². The summed E-state index contributed by atoms with van der Waals surface area (Å²) in [6.07, 6.45) is 1.71. The van der Waals surface area contributed by atoms with E-state index in [0.29, 0.717) is 5.56 Å². The minimum atomic E-state index is -0.424. The van der Waals surface area contributed by atoms with Gasteiger partial charge in [-0.15, -0.1) is 0 Å². The molecule has 0 radical (unpaired) electrons. The molecule has 0 aliphatic rings. The number of aryl methyl sites for hydroxylation is 1. The number of benzene rings is 2. The van der Waals surface area contributed by atoms with E-state index in [1.165, 1.54) is 0 Å². The summed E-state index contributed by atoms with van der Waals surface area (Å²) in [5.41, 5.74) is 2.77. The molecule has 0 spiro atoms. The highest BCUT2D eigenvalue weighted by Gasteiger charge is 2.35. The van der Waals surface area contributed by atoms with Crippen LogP contribution in [0.5, 0.6) is 5.75 Å². The fourth-order valence-corrected chi connectivity index (χ4v) is 4.18. The summed E-state index contributed by atoms with van der Waals surface area (Å²) in [5.74, 6) is 1.55. The quantitative estimate of drug-likeness (QED) is 0.444. The zero-order valence-electron chi connectivity index (χ0n) is 20.8. The molecule has 0 fully saturated rings. The Balaban J connectivity index is 1.97. The predicted octanol–water partition coefficient (Wildman–Crippen LogP) is 6.20. The zero-order valence-corrected chi connectivity index (χ0v) is 20.8. The number of amides is 1. The summed E-state index contributed by atoms with van der Waals surface area (Å²) in [6.45, 7) is 12.1. The van der Waals surface area contributed by atoms with Gasteiger partial charge in [-0.05, 0) is 61.2 Å². The van der Waals surface area contributed by atoms with Crippen molar-refractivity contribution in [3.8, 4) is 5.75 Å². The first-order chi connectivity index (χ1) is 15.6. The van der Waals surface area contributed by atoms with Crippen molar-refractivity contribution in [2.75, 3.05) is 13.7 Å². The van der Waals surface area contributed by atoms with Gasteiger partial charge in [-0.2, -0.15) is 0 Å². The molecule has 2 aromatic carbocycles. The highest BCUT2D eigenvalue weighted by molar-refractivity contribution is 5.97. The Bertz CT molecular complexity index is 1160. The second kappa shape index (κ2) is 9.42. The first kappa shape index (κ1) is 24.6. The van der Waals surface area contributed by atoms with Gasteiger partial charge >= 0.3 is 0 Å². The molecule has 1 N–H and O–H groups in total. The van der Waals surface area contributed by atoms with Gasteiger partial charge in [-0.3, -0.25) is 9.59 Å².